The Kier molecular flexibility index (Phi) is 5.34. The summed E-state index contributed by atoms with van der Waals surface area (Å²) >= 11 is 5.82. The van der Waals surface area contributed by atoms with Gasteiger partial charge in [-0.1, -0.05) is 23.7 Å². The Bertz CT molecular complexity index is 762. The summed E-state index contributed by atoms with van der Waals surface area (Å²) in [5.74, 6) is -0.838. The molecule has 0 radical (unpaired) electrons. The number of nitrogens with zero attached hydrogens (tertiary/aromatic N) is 1. The molecular formula is C19H18ClFN2O2. The van der Waals surface area contributed by atoms with E-state index in [0.717, 1.165) is 5.56 Å². The summed E-state index contributed by atoms with van der Waals surface area (Å²) in [5, 5.41) is 3.41. The predicted molar refractivity (Wildman–Crippen MR) is 94.9 cm³/mol. The van der Waals surface area contributed by atoms with Gasteiger partial charge >= 0.3 is 0 Å². The van der Waals surface area contributed by atoms with Gasteiger partial charge in [0.05, 0.1) is 5.92 Å². The highest BCUT2D eigenvalue weighted by molar-refractivity contribution is 6.30. The van der Waals surface area contributed by atoms with Gasteiger partial charge in [-0.15, -0.1) is 0 Å². The van der Waals surface area contributed by atoms with E-state index in [0.29, 0.717) is 30.2 Å². The van der Waals surface area contributed by atoms with Gasteiger partial charge in [0.25, 0.3) is 0 Å². The summed E-state index contributed by atoms with van der Waals surface area (Å²) in [7, 11) is 0. The van der Waals surface area contributed by atoms with Crippen molar-refractivity contribution in [2.75, 3.05) is 18.4 Å². The molecule has 2 amide bonds. The number of hydrogen-bond donors (Lipinski definition) is 1. The van der Waals surface area contributed by atoms with Gasteiger partial charge in [0.1, 0.15) is 5.82 Å². The molecule has 4 nitrogen and oxygen atoms in total. The lowest BCUT2D eigenvalue weighted by atomic mass is 10.1. The minimum atomic E-state index is -0.364. The van der Waals surface area contributed by atoms with E-state index in [1.165, 1.54) is 12.1 Å². The Morgan fingerprint density at radius 1 is 1.16 bits per heavy atom. The van der Waals surface area contributed by atoms with Crippen molar-refractivity contribution in [2.45, 2.75) is 12.8 Å². The van der Waals surface area contributed by atoms with E-state index in [1.54, 1.807) is 41.3 Å². The Morgan fingerprint density at radius 2 is 1.84 bits per heavy atom. The van der Waals surface area contributed by atoms with E-state index in [-0.39, 0.29) is 30.0 Å². The molecule has 3 rings (SSSR count). The average molecular weight is 361 g/mol. The Hall–Kier alpha value is -2.40. The van der Waals surface area contributed by atoms with E-state index in [2.05, 4.69) is 5.32 Å². The molecule has 1 saturated heterocycles. The normalized spacial score (nSPS) is 17.0. The van der Waals surface area contributed by atoms with Crippen LogP contribution < -0.4 is 5.32 Å². The first-order chi connectivity index (χ1) is 12.0. The van der Waals surface area contributed by atoms with Crippen LogP contribution >= 0.6 is 11.6 Å². The fourth-order valence-corrected chi connectivity index (χ4v) is 2.98. The molecule has 6 heteroatoms. The summed E-state index contributed by atoms with van der Waals surface area (Å²) in [6.07, 6.45) is 0.848. The molecule has 1 fully saturated rings. The smallest absolute Gasteiger partial charge is 0.229 e. The number of halogens is 2. The molecule has 1 aliphatic heterocycles. The maximum Gasteiger partial charge on any atom is 0.229 e. The molecule has 2 aromatic carbocycles. The zero-order valence-electron chi connectivity index (χ0n) is 13.5. The fourth-order valence-electron chi connectivity index (χ4n) is 2.86. The van der Waals surface area contributed by atoms with Crippen molar-refractivity contribution in [3.8, 4) is 0 Å². The second-order valence-electron chi connectivity index (χ2n) is 6.11. The van der Waals surface area contributed by atoms with Gasteiger partial charge in [0, 0.05) is 30.2 Å². The quantitative estimate of drug-likeness (QED) is 0.887. The maximum atomic E-state index is 12.9. The SMILES string of the molecule is O=C(Nc1ccc(Cl)cc1)[C@H]1CC(=O)N(CCc2ccc(F)cc2)C1. The second kappa shape index (κ2) is 7.66. The van der Waals surface area contributed by atoms with Gasteiger partial charge in [-0.2, -0.15) is 0 Å². The van der Waals surface area contributed by atoms with Crippen LogP contribution in [0.15, 0.2) is 48.5 Å². The highest BCUT2D eigenvalue weighted by Crippen LogP contribution is 2.21. The lowest BCUT2D eigenvalue weighted by Crippen LogP contribution is -2.30. The van der Waals surface area contributed by atoms with Crippen LogP contribution in [-0.4, -0.2) is 29.8 Å². The number of benzene rings is 2. The van der Waals surface area contributed by atoms with Crippen LogP contribution in [0.2, 0.25) is 5.02 Å². The van der Waals surface area contributed by atoms with Crippen LogP contribution in [0.3, 0.4) is 0 Å². The lowest BCUT2D eigenvalue weighted by molar-refractivity contribution is -0.128. The van der Waals surface area contributed by atoms with E-state index < -0.39 is 0 Å². The van der Waals surface area contributed by atoms with E-state index in [9.17, 15) is 14.0 Å². The highest BCUT2D eigenvalue weighted by Gasteiger charge is 2.33. The largest absolute Gasteiger partial charge is 0.342 e. The maximum absolute atomic E-state index is 12.9. The molecular weight excluding hydrogens is 343 g/mol. The molecule has 1 heterocycles. The van der Waals surface area contributed by atoms with Crippen molar-refractivity contribution in [2.24, 2.45) is 5.92 Å². The zero-order valence-corrected chi connectivity index (χ0v) is 14.3. The first kappa shape index (κ1) is 17.4. The molecule has 0 unspecified atom stereocenters. The minimum Gasteiger partial charge on any atom is -0.342 e. The number of likely N-dealkylation sites (tertiary alicyclic amines) is 1. The van der Waals surface area contributed by atoms with Gasteiger partial charge in [-0.05, 0) is 48.4 Å². The van der Waals surface area contributed by atoms with Gasteiger partial charge in [0.15, 0.2) is 0 Å². The fraction of sp³-hybridized carbons (Fsp3) is 0.263. The topological polar surface area (TPSA) is 49.4 Å². The number of carbonyl (C=O) groups excluding carboxylic acids is 2. The lowest BCUT2D eigenvalue weighted by Gasteiger charge is -2.16. The van der Waals surface area contributed by atoms with E-state index >= 15 is 0 Å². The molecule has 25 heavy (non-hydrogen) atoms. The first-order valence-electron chi connectivity index (χ1n) is 8.10. The third-order valence-electron chi connectivity index (χ3n) is 4.28. The van der Waals surface area contributed by atoms with E-state index in [4.69, 9.17) is 11.6 Å². The van der Waals surface area contributed by atoms with Crippen LogP contribution in [-0.2, 0) is 16.0 Å². The molecule has 130 valence electrons. The molecule has 0 spiro atoms. The van der Waals surface area contributed by atoms with E-state index in [1.807, 2.05) is 0 Å². The molecule has 0 aromatic heterocycles. The Labute approximate surface area is 150 Å². The van der Waals surface area contributed by atoms with Crippen LogP contribution in [0.25, 0.3) is 0 Å². The molecule has 1 atom stereocenters. The van der Waals surface area contributed by atoms with Crippen molar-refractivity contribution in [1.29, 1.82) is 0 Å². The summed E-state index contributed by atoms with van der Waals surface area (Å²) in [6, 6.07) is 13.1. The van der Waals surface area contributed by atoms with Gasteiger partial charge in [-0.3, -0.25) is 9.59 Å². The minimum absolute atomic E-state index is 0.0293. The molecule has 1 N–H and O–H groups in total. The number of nitrogens with one attached hydrogen (secondary N) is 1. The predicted octanol–water partition coefficient (Wildman–Crippen LogP) is 3.51. The van der Waals surface area contributed by atoms with Crippen LogP contribution in [0.1, 0.15) is 12.0 Å². The number of hydrogen-bond acceptors (Lipinski definition) is 2. The Balaban J connectivity index is 1.53. The summed E-state index contributed by atoms with van der Waals surface area (Å²) < 4.78 is 12.9. The third-order valence-corrected chi connectivity index (χ3v) is 4.53. The standard InChI is InChI=1S/C19H18ClFN2O2/c20-15-3-7-17(8-4-15)22-19(25)14-11-18(24)23(12-14)10-9-13-1-5-16(21)6-2-13/h1-8,14H,9-12H2,(H,22,25)/t14-/m0/s1. The summed E-state index contributed by atoms with van der Waals surface area (Å²) in [4.78, 5) is 26.2. The van der Waals surface area contributed by atoms with Crippen molar-refractivity contribution in [3.63, 3.8) is 0 Å². The van der Waals surface area contributed by atoms with Crippen molar-refractivity contribution < 1.29 is 14.0 Å². The summed E-state index contributed by atoms with van der Waals surface area (Å²) in [6.45, 7) is 0.925. The number of rotatable bonds is 5. The third kappa shape index (κ3) is 4.57. The molecule has 0 saturated carbocycles. The summed E-state index contributed by atoms with van der Waals surface area (Å²) in [5.41, 5.74) is 1.62. The molecule has 1 aliphatic rings. The monoisotopic (exact) mass is 360 g/mol. The van der Waals surface area contributed by atoms with Crippen molar-refractivity contribution >= 4 is 29.1 Å². The Morgan fingerprint density at radius 3 is 2.52 bits per heavy atom. The molecule has 0 bridgehead atoms. The average Bonchev–Trinajstić information content (AvgIpc) is 2.97. The highest BCUT2D eigenvalue weighted by atomic mass is 35.5. The zero-order chi connectivity index (χ0) is 17.8. The van der Waals surface area contributed by atoms with Gasteiger partial charge < -0.3 is 10.2 Å². The molecule has 2 aromatic rings. The van der Waals surface area contributed by atoms with Crippen LogP contribution in [0.5, 0.6) is 0 Å². The van der Waals surface area contributed by atoms with Crippen molar-refractivity contribution in [1.82, 2.24) is 4.90 Å². The molecule has 0 aliphatic carbocycles. The number of amides is 2. The van der Waals surface area contributed by atoms with Crippen molar-refractivity contribution in [3.05, 3.63) is 64.9 Å². The number of anilines is 1. The first-order valence-corrected chi connectivity index (χ1v) is 8.48. The second-order valence-corrected chi connectivity index (χ2v) is 6.55. The van der Waals surface area contributed by atoms with Gasteiger partial charge in [-0.25, -0.2) is 4.39 Å². The van der Waals surface area contributed by atoms with Crippen LogP contribution in [0, 0.1) is 11.7 Å². The van der Waals surface area contributed by atoms with Crippen LogP contribution in [0.4, 0.5) is 10.1 Å². The van der Waals surface area contributed by atoms with Gasteiger partial charge in [0.2, 0.25) is 11.8 Å². The number of carbonyl (C=O) groups is 2.